The molecule has 0 fully saturated rings. The van der Waals surface area contributed by atoms with Crippen molar-refractivity contribution in [1.82, 2.24) is 0 Å². The van der Waals surface area contributed by atoms with Gasteiger partial charge in [-0.25, -0.2) is 0 Å². The van der Waals surface area contributed by atoms with Gasteiger partial charge >= 0.3 is 0 Å². The van der Waals surface area contributed by atoms with E-state index in [1.54, 1.807) is 0 Å². The Hall–Kier alpha value is -2.43. The molecule has 1 N–H and O–H groups in total. The predicted octanol–water partition coefficient (Wildman–Crippen LogP) is 2.44. The number of hydrogen-bond acceptors (Lipinski definition) is 5. The number of ether oxygens (including phenoxy) is 1. The van der Waals surface area contributed by atoms with Crippen LogP contribution in [-0.2, 0) is 6.54 Å². The van der Waals surface area contributed by atoms with E-state index in [1.165, 1.54) is 6.07 Å². The monoisotopic (exact) mass is 287 g/mol. The number of anilines is 1. The maximum absolute atomic E-state index is 11.5. The fourth-order valence-corrected chi connectivity index (χ4v) is 2.50. The van der Waals surface area contributed by atoms with Gasteiger partial charge in [-0.2, -0.15) is 0 Å². The molecule has 21 heavy (non-hydrogen) atoms. The maximum atomic E-state index is 11.5. The van der Waals surface area contributed by atoms with Gasteiger partial charge in [0, 0.05) is 6.07 Å². The van der Waals surface area contributed by atoms with Crippen LogP contribution in [0.25, 0.3) is 0 Å². The summed E-state index contributed by atoms with van der Waals surface area (Å²) in [5, 5.41) is 9.24. The fourth-order valence-electron chi connectivity index (χ4n) is 2.50. The van der Waals surface area contributed by atoms with E-state index in [-0.39, 0.29) is 11.9 Å². The van der Waals surface area contributed by atoms with Crippen LogP contribution in [0.2, 0.25) is 0 Å². The van der Waals surface area contributed by atoms with Gasteiger partial charge in [0.1, 0.15) is 23.9 Å². The van der Waals surface area contributed by atoms with Crippen molar-refractivity contribution >= 4 is 5.69 Å². The molecule has 0 aliphatic carbocycles. The van der Waals surface area contributed by atoms with E-state index in [4.69, 9.17) is 9.15 Å². The number of hydrogen-bond donors (Lipinski definition) is 1. The Labute approximate surface area is 122 Å². The Morgan fingerprint density at radius 2 is 2.19 bits per heavy atom. The topological polar surface area (TPSA) is 62.9 Å². The molecule has 0 spiro atoms. The molecule has 2 heterocycles. The van der Waals surface area contributed by atoms with Gasteiger partial charge < -0.3 is 19.2 Å². The summed E-state index contributed by atoms with van der Waals surface area (Å²) in [4.78, 5) is 13.6. The lowest BCUT2D eigenvalue weighted by atomic mass is 10.1. The summed E-state index contributed by atoms with van der Waals surface area (Å²) in [6.45, 7) is 5.19. The second-order valence-corrected chi connectivity index (χ2v) is 5.38. The summed E-state index contributed by atoms with van der Waals surface area (Å²) < 4.78 is 11.1. The predicted molar refractivity (Wildman–Crippen MR) is 79.0 cm³/mol. The van der Waals surface area contributed by atoms with Gasteiger partial charge in [0.2, 0.25) is 5.43 Å². The number of rotatable bonds is 2. The van der Waals surface area contributed by atoms with Gasteiger partial charge in [-0.3, -0.25) is 4.79 Å². The largest absolute Gasteiger partial charge is 0.502 e. The van der Waals surface area contributed by atoms with E-state index in [1.807, 2.05) is 32.0 Å². The highest BCUT2D eigenvalue weighted by molar-refractivity contribution is 5.61. The van der Waals surface area contributed by atoms with Crippen molar-refractivity contribution in [3.63, 3.8) is 0 Å². The highest BCUT2D eigenvalue weighted by Gasteiger charge is 2.23. The van der Waals surface area contributed by atoms with E-state index in [2.05, 4.69) is 4.90 Å². The Kier molecular flexibility index (Phi) is 3.33. The molecule has 1 aromatic carbocycles. The zero-order valence-corrected chi connectivity index (χ0v) is 12.0. The molecule has 110 valence electrons. The molecule has 0 amide bonds. The number of aryl methyl sites for hydroxylation is 1. The molecule has 1 aromatic heterocycles. The van der Waals surface area contributed by atoms with E-state index >= 15 is 0 Å². The van der Waals surface area contributed by atoms with Crippen molar-refractivity contribution in [2.75, 3.05) is 11.4 Å². The van der Waals surface area contributed by atoms with Crippen molar-refractivity contribution in [1.29, 1.82) is 0 Å². The minimum atomic E-state index is -0.429. The second-order valence-electron chi connectivity index (χ2n) is 5.38. The average molecular weight is 287 g/mol. The van der Waals surface area contributed by atoms with E-state index in [0.29, 0.717) is 18.8 Å². The Bertz CT molecular complexity index is 722. The third-order valence-corrected chi connectivity index (χ3v) is 3.47. The first-order valence-electron chi connectivity index (χ1n) is 6.86. The molecule has 0 saturated heterocycles. The van der Waals surface area contributed by atoms with Gasteiger partial charge in [-0.1, -0.05) is 6.07 Å². The van der Waals surface area contributed by atoms with Crippen LogP contribution in [0.3, 0.4) is 0 Å². The average Bonchev–Trinajstić information content (AvgIpc) is 2.42. The molecule has 0 radical (unpaired) electrons. The Morgan fingerprint density at radius 3 is 2.95 bits per heavy atom. The lowest BCUT2D eigenvalue weighted by molar-refractivity contribution is 0.210. The lowest BCUT2D eigenvalue weighted by Gasteiger charge is -2.34. The number of aromatic hydroxyl groups is 1. The van der Waals surface area contributed by atoms with E-state index < -0.39 is 5.43 Å². The third-order valence-electron chi connectivity index (χ3n) is 3.47. The van der Waals surface area contributed by atoms with Crippen LogP contribution in [-0.4, -0.2) is 17.8 Å². The molecule has 2 aromatic rings. The summed E-state index contributed by atoms with van der Waals surface area (Å²) in [6.07, 6.45) is 1.14. The fraction of sp³-hybridized carbons (Fsp3) is 0.312. The highest BCUT2D eigenvalue weighted by Crippen LogP contribution is 2.35. The molecule has 1 aliphatic rings. The standard InChI is InChI=1S/C16H17NO4/c1-10-3-4-13-16(5-10)21-11(2)7-17(13)8-12-6-14(18)15(19)9-20-12/h3-6,9,11,19H,7-8H2,1-2H3. The summed E-state index contributed by atoms with van der Waals surface area (Å²) in [5.74, 6) is 0.985. The van der Waals surface area contributed by atoms with Gasteiger partial charge in [-0.05, 0) is 31.5 Å². The van der Waals surface area contributed by atoms with Crippen LogP contribution in [0.4, 0.5) is 5.69 Å². The molecule has 1 aliphatic heterocycles. The van der Waals surface area contributed by atoms with E-state index in [9.17, 15) is 9.90 Å². The zero-order chi connectivity index (χ0) is 15.0. The molecular formula is C16H17NO4. The van der Waals surface area contributed by atoms with Crippen LogP contribution >= 0.6 is 0 Å². The lowest BCUT2D eigenvalue weighted by Crippen LogP contribution is -2.38. The Morgan fingerprint density at radius 1 is 1.38 bits per heavy atom. The van der Waals surface area contributed by atoms with Crippen molar-refractivity contribution < 1.29 is 14.3 Å². The van der Waals surface area contributed by atoms with Crippen LogP contribution in [0, 0.1) is 6.92 Å². The zero-order valence-electron chi connectivity index (χ0n) is 12.0. The highest BCUT2D eigenvalue weighted by atomic mass is 16.5. The van der Waals surface area contributed by atoms with Crippen molar-refractivity contribution in [3.8, 4) is 11.5 Å². The second kappa shape index (κ2) is 5.16. The first kappa shape index (κ1) is 13.5. The minimum absolute atomic E-state index is 0.0585. The van der Waals surface area contributed by atoms with Crippen molar-refractivity contribution in [2.24, 2.45) is 0 Å². The summed E-state index contributed by atoms with van der Waals surface area (Å²) in [5.41, 5.74) is 1.69. The SMILES string of the molecule is Cc1ccc2c(c1)OC(C)CN2Cc1cc(=O)c(O)co1. The summed E-state index contributed by atoms with van der Waals surface area (Å²) >= 11 is 0. The third kappa shape index (κ3) is 2.72. The molecular weight excluding hydrogens is 270 g/mol. The molecule has 5 nitrogen and oxygen atoms in total. The van der Waals surface area contributed by atoms with Crippen molar-refractivity contribution in [2.45, 2.75) is 26.5 Å². The van der Waals surface area contributed by atoms with E-state index in [0.717, 1.165) is 23.3 Å². The molecule has 5 heteroatoms. The van der Waals surface area contributed by atoms with Crippen LogP contribution in [0.1, 0.15) is 18.2 Å². The van der Waals surface area contributed by atoms with Crippen LogP contribution < -0.4 is 15.1 Å². The van der Waals surface area contributed by atoms with Crippen molar-refractivity contribution in [3.05, 3.63) is 52.1 Å². The molecule has 3 rings (SSSR count). The maximum Gasteiger partial charge on any atom is 0.226 e. The van der Waals surface area contributed by atoms with Gasteiger partial charge in [-0.15, -0.1) is 0 Å². The van der Waals surface area contributed by atoms with Gasteiger partial charge in [0.25, 0.3) is 0 Å². The first-order chi connectivity index (χ1) is 10.0. The quantitative estimate of drug-likeness (QED) is 0.919. The summed E-state index contributed by atoms with van der Waals surface area (Å²) in [6, 6.07) is 7.36. The molecule has 0 bridgehead atoms. The molecule has 1 atom stereocenters. The summed E-state index contributed by atoms with van der Waals surface area (Å²) in [7, 11) is 0. The molecule has 0 saturated carbocycles. The number of fused-ring (bicyclic) bond motifs is 1. The van der Waals surface area contributed by atoms with Crippen LogP contribution in [0.5, 0.6) is 11.5 Å². The minimum Gasteiger partial charge on any atom is -0.502 e. The normalized spacial score (nSPS) is 17.2. The number of nitrogens with zero attached hydrogens (tertiary/aromatic N) is 1. The van der Waals surface area contributed by atoms with Crippen LogP contribution in [0.15, 0.2) is 39.7 Å². The molecule has 1 unspecified atom stereocenters. The van der Waals surface area contributed by atoms with Gasteiger partial charge in [0.15, 0.2) is 5.75 Å². The Balaban J connectivity index is 1.92. The van der Waals surface area contributed by atoms with Gasteiger partial charge in [0.05, 0.1) is 18.8 Å². The first-order valence-corrected chi connectivity index (χ1v) is 6.86. The number of benzene rings is 1. The smallest absolute Gasteiger partial charge is 0.226 e.